The highest BCUT2D eigenvalue weighted by Gasteiger charge is 2.12. The molecule has 0 aliphatic carbocycles. The third kappa shape index (κ3) is 2.85. The van der Waals surface area contributed by atoms with Crippen LogP contribution in [0.5, 0.6) is 5.75 Å². The Bertz CT molecular complexity index is 453. The third-order valence-electron chi connectivity index (χ3n) is 2.81. The molecule has 4 nitrogen and oxygen atoms in total. The number of H-pyrrole nitrogens is 1. The number of aromatic nitrogens is 2. The molecule has 0 amide bonds. The van der Waals surface area contributed by atoms with Crippen molar-refractivity contribution in [3.63, 3.8) is 0 Å². The van der Waals surface area contributed by atoms with Crippen LogP contribution in [-0.2, 0) is 6.54 Å². The number of para-hydroxylation sites is 1. The average Bonchev–Trinajstić information content (AvgIpc) is 2.85. The Morgan fingerprint density at radius 3 is 2.88 bits per heavy atom. The fourth-order valence-electron chi connectivity index (χ4n) is 1.87. The van der Waals surface area contributed by atoms with Gasteiger partial charge < -0.3 is 15.4 Å². The Balaban J connectivity index is 2.04. The fourth-order valence-corrected chi connectivity index (χ4v) is 1.87. The van der Waals surface area contributed by atoms with E-state index in [-0.39, 0.29) is 6.04 Å². The lowest BCUT2D eigenvalue weighted by molar-refractivity contribution is 0.440. The second kappa shape index (κ2) is 5.50. The summed E-state index contributed by atoms with van der Waals surface area (Å²) in [4.78, 5) is 7.02. The van der Waals surface area contributed by atoms with Crippen molar-refractivity contribution in [2.24, 2.45) is 0 Å². The molecule has 1 aromatic heterocycles. The Labute approximate surface area is 101 Å². The highest BCUT2D eigenvalue weighted by Crippen LogP contribution is 2.25. The molecule has 1 heterocycles. The highest BCUT2D eigenvalue weighted by atomic mass is 16.3. The molecule has 0 saturated heterocycles. The molecule has 0 radical (unpaired) electrons. The number of benzene rings is 1. The SMILES string of the molecule is CCC(NCc1cnc[nH]1)c1ccccc1O. The van der Waals surface area contributed by atoms with Crippen LogP contribution in [0.3, 0.4) is 0 Å². The summed E-state index contributed by atoms with van der Waals surface area (Å²) in [7, 11) is 0. The van der Waals surface area contributed by atoms with E-state index < -0.39 is 0 Å². The van der Waals surface area contributed by atoms with Gasteiger partial charge in [0.15, 0.2) is 0 Å². The number of aromatic amines is 1. The molecule has 2 rings (SSSR count). The standard InChI is InChI=1S/C13H17N3O/c1-2-12(11-5-3-4-6-13(11)17)15-8-10-7-14-9-16-10/h3-7,9,12,15,17H,2,8H2,1H3,(H,14,16). The molecule has 4 heteroatoms. The maximum absolute atomic E-state index is 9.81. The molecule has 1 atom stereocenters. The number of rotatable bonds is 5. The van der Waals surface area contributed by atoms with E-state index in [1.807, 2.05) is 18.2 Å². The largest absolute Gasteiger partial charge is 0.508 e. The Hall–Kier alpha value is -1.81. The number of nitrogens with one attached hydrogen (secondary N) is 2. The van der Waals surface area contributed by atoms with E-state index >= 15 is 0 Å². The van der Waals surface area contributed by atoms with Crippen LogP contribution in [0.4, 0.5) is 0 Å². The van der Waals surface area contributed by atoms with Gasteiger partial charge in [-0.15, -0.1) is 0 Å². The van der Waals surface area contributed by atoms with E-state index in [2.05, 4.69) is 22.2 Å². The van der Waals surface area contributed by atoms with Crippen LogP contribution in [0.2, 0.25) is 0 Å². The molecular weight excluding hydrogens is 214 g/mol. The van der Waals surface area contributed by atoms with E-state index in [0.717, 1.165) is 17.7 Å². The monoisotopic (exact) mass is 231 g/mol. The smallest absolute Gasteiger partial charge is 0.120 e. The molecule has 0 bridgehead atoms. The number of aromatic hydroxyl groups is 1. The van der Waals surface area contributed by atoms with Gasteiger partial charge in [-0.25, -0.2) is 4.98 Å². The summed E-state index contributed by atoms with van der Waals surface area (Å²) in [6.45, 7) is 2.81. The lowest BCUT2D eigenvalue weighted by Gasteiger charge is -2.18. The number of hydrogen-bond acceptors (Lipinski definition) is 3. The van der Waals surface area contributed by atoms with Gasteiger partial charge in [-0.3, -0.25) is 0 Å². The zero-order valence-corrected chi connectivity index (χ0v) is 9.85. The number of imidazole rings is 1. The number of phenolic OH excluding ortho intramolecular Hbond substituents is 1. The maximum Gasteiger partial charge on any atom is 0.120 e. The first kappa shape index (κ1) is 11.7. The van der Waals surface area contributed by atoms with Crippen LogP contribution in [0, 0.1) is 0 Å². The first-order valence-corrected chi connectivity index (χ1v) is 5.79. The minimum absolute atomic E-state index is 0.152. The molecule has 0 saturated carbocycles. The predicted octanol–water partition coefficient (Wildman–Crippen LogP) is 2.36. The second-order valence-corrected chi connectivity index (χ2v) is 3.98. The summed E-state index contributed by atoms with van der Waals surface area (Å²) in [6.07, 6.45) is 4.38. The van der Waals surface area contributed by atoms with Crippen LogP contribution in [0.1, 0.15) is 30.6 Å². The van der Waals surface area contributed by atoms with Gasteiger partial charge in [0.05, 0.1) is 6.33 Å². The van der Waals surface area contributed by atoms with E-state index in [1.165, 1.54) is 0 Å². The molecule has 0 aliphatic rings. The molecule has 0 spiro atoms. The van der Waals surface area contributed by atoms with Gasteiger partial charge in [0.2, 0.25) is 0 Å². The van der Waals surface area contributed by atoms with Crippen molar-refractivity contribution in [3.05, 3.63) is 48.0 Å². The molecule has 90 valence electrons. The summed E-state index contributed by atoms with van der Waals surface area (Å²) in [5, 5.41) is 13.2. The molecule has 2 aromatic rings. The van der Waals surface area contributed by atoms with Crippen molar-refractivity contribution in [3.8, 4) is 5.75 Å². The highest BCUT2D eigenvalue weighted by molar-refractivity contribution is 5.34. The Morgan fingerprint density at radius 2 is 2.24 bits per heavy atom. The van der Waals surface area contributed by atoms with E-state index in [4.69, 9.17) is 0 Å². The van der Waals surface area contributed by atoms with Crippen LogP contribution in [-0.4, -0.2) is 15.1 Å². The zero-order valence-electron chi connectivity index (χ0n) is 9.85. The topological polar surface area (TPSA) is 60.9 Å². The minimum Gasteiger partial charge on any atom is -0.508 e. The normalized spacial score (nSPS) is 12.5. The van der Waals surface area contributed by atoms with Crippen LogP contribution >= 0.6 is 0 Å². The molecule has 0 aliphatic heterocycles. The van der Waals surface area contributed by atoms with E-state index in [1.54, 1.807) is 18.6 Å². The molecule has 17 heavy (non-hydrogen) atoms. The molecule has 0 fully saturated rings. The number of hydrogen-bond donors (Lipinski definition) is 3. The minimum atomic E-state index is 0.152. The first-order chi connectivity index (χ1) is 8.31. The quantitative estimate of drug-likeness (QED) is 0.740. The van der Waals surface area contributed by atoms with Gasteiger partial charge in [-0.05, 0) is 12.5 Å². The van der Waals surface area contributed by atoms with Crippen molar-refractivity contribution >= 4 is 0 Å². The zero-order chi connectivity index (χ0) is 12.1. The molecule has 3 N–H and O–H groups in total. The predicted molar refractivity (Wildman–Crippen MR) is 66.6 cm³/mol. The van der Waals surface area contributed by atoms with Gasteiger partial charge >= 0.3 is 0 Å². The summed E-state index contributed by atoms with van der Waals surface area (Å²) >= 11 is 0. The van der Waals surface area contributed by atoms with Crippen molar-refractivity contribution in [1.82, 2.24) is 15.3 Å². The maximum atomic E-state index is 9.81. The van der Waals surface area contributed by atoms with Gasteiger partial charge in [0.25, 0.3) is 0 Å². The van der Waals surface area contributed by atoms with Gasteiger partial charge in [-0.2, -0.15) is 0 Å². The van der Waals surface area contributed by atoms with Gasteiger partial charge in [0.1, 0.15) is 5.75 Å². The summed E-state index contributed by atoms with van der Waals surface area (Å²) in [5.74, 6) is 0.344. The third-order valence-corrected chi connectivity index (χ3v) is 2.81. The molecule has 1 aromatic carbocycles. The van der Waals surface area contributed by atoms with Crippen molar-refractivity contribution in [2.75, 3.05) is 0 Å². The van der Waals surface area contributed by atoms with Crippen LogP contribution in [0.15, 0.2) is 36.8 Å². The Morgan fingerprint density at radius 1 is 1.41 bits per heavy atom. The second-order valence-electron chi connectivity index (χ2n) is 3.98. The van der Waals surface area contributed by atoms with Gasteiger partial charge in [0, 0.05) is 30.0 Å². The fraction of sp³-hybridized carbons (Fsp3) is 0.308. The van der Waals surface area contributed by atoms with E-state index in [9.17, 15) is 5.11 Å². The van der Waals surface area contributed by atoms with Crippen molar-refractivity contribution < 1.29 is 5.11 Å². The van der Waals surface area contributed by atoms with Crippen molar-refractivity contribution in [2.45, 2.75) is 25.9 Å². The number of nitrogens with zero attached hydrogens (tertiary/aromatic N) is 1. The lowest BCUT2D eigenvalue weighted by atomic mass is 10.0. The number of phenols is 1. The van der Waals surface area contributed by atoms with Crippen LogP contribution < -0.4 is 5.32 Å². The average molecular weight is 231 g/mol. The van der Waals surface area contributed by atoms with E-state index in [0.29, 0.717) is 12.3 Å². The van der Waals surface area contributed by atoms with Gasteiger partial charge in [-0.1, -0.05) is 25.1 Å². The summed E-state index contributed by atoms with van der Waals surface area (Å²) in [6, 6.07) is 7.59. The first-order valence-electron chi connectivity index (χ1n) is 5.79. The van der Waals surface area contributed by atoms with Crippen LogP contribution in [0.25, 0.3) is 0 Å². The molecule has 1 unspecified atom stereocenters. The Kier molecular flexibility index (Phi) is 3.77. The molecular formula is C13H17N3O. The van der Waals surface area contributed by atoms with Crippen molar-refractivity contribution in [1.29, 1.82) is 0 Å². The summed E-state index contributed by atoms with van der Waals surface area (Å²) < 4.78 is 0. The lowest BCUT2D eigenvalue weighted by Crippen LogP contribution is -2.20. The summed E-state index contributed by atoms with van der Waals surface area (Å²) in [5.41, 5.74) is 1.98.